The van der Waals surface area contributed by atoms with Gasteiger partial charge in [0.15, 0.2) is 0 Å². The van der Waals surface area contributed by atoms with Crippen molar-refractivity contribution >= 4 is 5.91 Å². The number of halogens is 1. The summed E-state index contributed by atoms with van der Waals surface area (Å²) < 4.78 is 18.6. The van der Waals surface area contributed by atoms with Crippen molar-refractivity contribution in [2.45, 2.75) is 25.8 Å². The standard InChI is InChI=1S/C20H20FNO2/c21-18-6-3-15(4-7-18)13-22(12-14-1-2-14)20(23)17-5-8-19-16(11-17)9-10-24-19/h3-8,11,14H,1-2,9-10,12-13H2. The first kappa shape index (κ1) is 15.2. The Labute approximate surface area is 141 Å². The summed E-state index contributed by atoms with van der Waals surface area (Å²) in [5, 5.41) is 0. The highest BCUT2D eigenvalue weighted by atomic mass is 19.1. The predicted molar refractivity (Wildman–Crippen MR) is 89.5 cm³/mol. The molecule has 1 amide bonds. The SMILES string of the molecule is O=C(c1ccc2c(c1)CCO2)N(Cc1ccc(F)cc1)CC1CC1. The average molecular weight is 325 g/mol. The molecule has 0 N–H and O–H groups in total. The van der Waals surface area contributed by atoms with Gasteiger partial charge in [-0.1, -0.05) is 12.1 Å². The molecule has 24 heavy (non-hydrogen) atoms. The van der Waals surface area contributed by atoms with Gasteiger partial charge >= 0.3 is 0 Å². The predicted octanol–water partition coefficient (Wildman–Crippen LogP) is 3.81. The fraction of sp³-hybridized carbons (Fsp3) is 0.350. The summed E-state index contributed by atoms with van der Waals surface area (Å²) in [7, 11) is 0. The van der Waals surface area contributed by atoms with Crippen molar-refractivity contribution in [3.8, 4) is 5.75 Å². The third-order valence-corrected chi connectivity index (χ3v) is 4.69. The van der Waals surface area contributed by atoms with Crippen LogP contribution in [0.4, 0.5) is 4.39 Å². The zero-order valence-electron chi connectivity index (χ0n) is 13.5. The maximum absolute atomic E-state index is 13.1. The molecule has 0 aromatic heterocycles. The molecule has 124 valence electrons. The lowest BCUT2D eigenvalue weighted by molar-refractivity contribution is 0.0735. The number of hydrogen-bond donors (Lipinski definition) is 0. The zero-order valence-corrected chi connectivity index (χ0v) is 13.5. The Bertz CT molecular complexity index is 753. The van der Waals surface area contributed by atoms with E-state index in [1.165, 1.54) is 25.0 Å². The molecular weight excluding hydrogens is 305 g/mol. The van der Waals surface area contributed by atoms with Crippen LogP contribution >= 0.6 is 0 Å². The largest absolute Gasteiger partial charge is 0.493 e. The van der Waals surface area contributed by atoms with Crippen molar-refractivity contribution < 1.29 is 13.9 Å². The molecule has 1 saturated carbocycles. The number of rotatable bonds is 5. The molecule has 2 aromatic carbocycles. The van der Waals surface area contributed by atoms with Crippen LogP contribution in [0.15, 0.2) is 42.5 Å². The van der Waals surface area contributed by atoms with E-state index in [1.54, 1.807) is 12.1 Å². The van der Waals surface area contributed by atoms with Gasteiger partial charge in [-0.25, -0.2) is 4.39 Å². The van der Waals surface area contributed by atoms with Gasteiger partial charge in [0, 0.05) is 25.1 Å². The minimum absolute atomic E-state index is 0.0425. The number of fused-ring (bicyclic) bond motifs is 1. The quantitative estimate of drug-likeness (QED) is 0.836. The number of amides is 1. The third kappa shape index (κ3) is 3.28. The van der Waals surface area contributed by atoms with Crippen LogP contribution < -0.4 is 4.74 Å². The minimum Gasteiger partial charge on any atom is -0.493 e. The van der Waals surface area contributed by atoms with E-state index in [-0.39, 0.29) is 11.7 Å². The van der Waals surface area contributed by atoms with Gasteiger partial charge in [0.2, 0.25) is 0 Å². The molecule has 1 heterocycles. The molecule has 2 aromatic rings. The molecule has 0 atom stereocenters. The van der Waals surface area contributed by atoms with Crippen molar-refractivity contribution in [2.75, 3.05) is 13.2 Å². The van der Waals surface area contributed by atoms with Gasteiger partial charge in [0.25, 0.3) is 5.91 Å². The summed E-state index contributed by atoms with van der Waals surface area (Å²) in [6.45, 7) is 1.97. The zero-order chi connectivity index (χ0) is 16.5. The lowest BCUT2D eigenvalue weighted by atomic mass is 10.1. The number of hydrogen-bond acceptors (Lipinski definition) is 2. The number of carbonyl (C=O) groups excluding carboxylic acids is 1. The molecule has 1 aliphatic heterocycles. The van der Waals surface area contributed by atoms with Crippen molar-refractivity contribution in [1.82, 2.24) is 4.90 Å². The fourth-order valence-electron chi connectivity index (χ4n) is 3.14. The van der Waals surface area contributed by atoms with Crippen molar-refractivity contribution in [1.29, 1.82) is 0 Å². The molecule has 3 nitrogen and oxygen atoms in total. The second kappa shape index (κ2) is 6.27. The highest BCUT2D eigenvalue weighted by Gasteiger charge is 2.28. The van der Waals surface area contributed by atoms with Gasteiger partial charge in [-0.15, -0.1) is 0 Å². The number of benzene rings is 2. The van der Waals surface area contributed by atoms with E-state index in [1.807, 2.05) is 23.1 Å². The van der Waals surface area contributed by atoms with E-state index in [0.29, 0.717) is 24.6 Å². The molecule has 0 saturated heterocycles. The Hall–Kier alpha value is -2.36. The second-order valence-electron chi connectivity index (χ2n) is 6.68. The van der Waals surface area contributed by atoms with Gasteiger partial charge in [-0.05, 0) is 60.2 Å². The van der Waals surface area contributed by atoms with Crippen LogP contribution in [0.2, 0.25) is 0 Å². The van der Waals surface area contributed by atoms with Crippen LogP contribution in [0.25, 0.3) is 0 Å². The molecule has 1 fully saturated rings. The van der Waals surface area contributed by atoms with Gasteiger partial charge in [-0.3, -0.25) is 4.79 Å². The Morgan fingerprint density at radius 2 is 1.96 bits per heavy atom. The first-order valence-electron chi connectivity index (χ1n) is 8.48. The first-order chi connectivity index (χ1) is 11.7. The molecule has 2 aliphatic rings. The maximum atomic E-state index is 13.1. The third-order valence-electron chi connectivity index (χ3n) is 4.69. The Morgan fingerprint density at radius 3 is 2.71 bits per heavy atom. The van der Waals surface area contributed by atoms with Crippen molar-refractivity contribution in [3.05, 3.63) is 65.0 Å². The van der Waals surface area contributed by atoms with E-state index in [2.05, 4.69) is 0 Å². The minimum atomic E-state index is -0.252. The second-order valence-corrected chi connectivity index (χ2v) is 6.68. The Balaban J connectivity index is 1.55. The average Bonchev–Trinajstić information content (AvgIpc) is 3.29. The van der Waals surface area contributed by atoms with Crippen LogP contribution in [0.1, 0.15) is 34.3 Å². The molecule has 4 heteroatoms. The summed E-state index contributed by atoms with van der Waals surface area (Å²) in [6, 6.07) is 12.1. The first-order valence-corrected chi connectivity index (χ1v) is 8.48. The number of ether oxygens (including phenoxy) is 1. The molecule has 0 radical (unpaired) electrons. The fourth-order valence-corrected chi connectivity index (χ4v) is 3.14. The van der Waals surface area contributed by atoms with Gasteiger partial charge in [0.1, 0.15) is 11.6 Å². The Kier molecular flexibility index (Phi) is 3.97. The lowest BCUT2D eigenvalue weighted by Crippen LogP contribution is -2.32. The van der Waals surface area contributed by atoms with Crippen LogP contribution in [-0.2, 0) is 13.0 Å². The smallest absolute Gasteiger partial charge is 0.254 e. The summed E-state index contributed by atoms with van der Waals surface area (Å²) in [5.41, 5.74) is 2.77. The van der Waals surface area contributed by atoms with E-state index >= 15 is 0 Å². The van der Waals surface area contributed by atoms with Crippen LogP contribution in [0.5, 0.6) is 5.75 Å². The van der Waals surface area contributed by atoms with Crippen LogP contribution in [0, 0.1) is 11.7 Å². The van der Waals surface area contributed by atoms with E-state index in [4.69, 9.17) is 4.74 Å². The van der Waals surface area contributed by atoms with Gasteiger partial charge in [0.05, 0.1) is 6.61 Å². The lowest BCUT2D eigenvalue weighted by Gasteiger charge is -2.23. The van der Waals surface area contributed by atoms with Crippen LogP contribution in [0.3, 0.4) is 0 Å². The summed E-state index contributed by atoms with van der Waals surface area (Å²) in [5.74, 6) is 1.28. The van der Waals surface area contributed by atoms with Gasteiger partial charge < -0.3 is 9.64 Å². The molecule has 4 rings (SSSR count). The monoisotopic (exact) mass is 325 g/mol. The highest BCUT2D eigenvalue weighted by Crippen LogP contribution is 2.31. The highest BCUT2D eigenvalue weighted by molar-refractivity contribution is 5.94. The van der Waals surface area contributed by atoms with Crippen LogP contribution in [-0.4, -0.2) is 24.0 Å². The number of nitrogens with zero attached hydrogens (tertiary/aromatic N) is 1. The van der Waals surface area contributed by atoms with Crippen molar-refractivity contribution in [2.24, 2.45) is 5.92 Å². The van der Waals surface area contributed by atoms with Crippen molar-refractivity contribution in [3.63, 3.8) is 0 Å². The molecule has 0 bridgehead atoms. The summed E-state index contributed by atoms with van der Waals surface area (Å²) >= 11 is 0. The maximum Gasteiger partial charge on any atom is 0.254 e. The molecule has 0 unspecified atom stereocenters. The van der Waals surface area contributed by atoms with E-state index < -0.39 is 0 Å². The molecule has 1 aliphatic carbocycles. The molecule has 0 spiro atoms. The Morgan fingerprint density at radius 1 is 1.17 bits per heavy atom. The van der Waals surface area contributed by atoms with E-state index in [0.717, 1.165) is 29.8 Å². The topological polar surface area (TPSA) is 29.5 Å². The van der Waals surface area contributed by atoms with E-state index in [9.17, 15) is 9.18 Å². The summed E-state index contributed by atoms with van der Waals surface area (Å²) in [6.07, 6.45) is 3.23. The summed E-state index contributed by atoms with van der Waals surface area (Å²) in [4.78, 5) is 14.9. The molecular formula is C20H20FNO2. The normalized spacial score (nSPS) is 15.7. The number of carbonyl (C=O) groups is 1. The van der Waals surface area contributed by atoms with Gasteiger partial charge in [-0.2, -0.15) is 0 Å².